The average molecular weight is 393 g/mol. The van der Waals surface area contributed by atoms with Crippen molar-refractivity contribution in [3.05, 3.63) is 68.9 Å². The van der Waals surface area contributed by atoms with E-state index < -0.39 is 0 Å². The molecule has 0 radical (unpaired) electrons. The fourth-order valence-electron chi connectivity index (χ4n) is 1.83. The number of hydrogen-bond donors (Lipinski definition) is 0. The second kappa shape index (κ2) is 14.8. The molecule has 0 saturated heterocycles. The largest absolute Gasteiger partial charge is 0.472 e. The van der Waals surface area contributed by atoms with E-state index in [4.69, 9.17) is 4.42 Å². The van der Waals surface area contributed by atoms with Crippen LogP contribution in [-0.2, 0) is 0 Å². The lowest BCUT2D eigenvalue weighted by Crippen LogP contribution is -1.79. The van der Waals surface area contributed by atoms with Gasteiger partial charge in [-0.1, -0.05) is 61.5 Å². The molecule has 3 rings (SSSR count). The normalized spacial score (nSPS) is 9.81. The lowest BCUT2D eigenvalue weighted by atomic mass is 10.1. The summed E-state index contributed by atoms with van der Waals surface area (Å²) in [6, 6.07) is 8.44. The fourth-order valence-corrected chi connectivity index (χ4v) is 3.39. The van der Waals surface area contributed by atoms with Crippen molar-refractivity contribution in [2.24, 2.45) is 0 Å². The predicted molar refractivity (Wildman–Crippen MR) is 121 cm³/mol. The Morgan fingerprint density at radius 3 is 1.65 bits per heavy atom. The van der Waals surface area contributed by atoms with Gasteiger partial charge in [-0.15, -0.1) is 11.3 Å². The van der Waals surface area contributed by atoms with Crippen molar-refractivity contribution in [2.45, 2.75) is 73.1 Å². The molecule has 0 aliphatic heterocycles. The minimum Gasteiger partial charge on any atom is -0.472 e. The SMILES string of the molecule is CC.CC(C)c1cccs1.CC(C)c1ccoc1.CC(C)c1ccsc1. The number of rotatable bonds is 3. The first kappa shape index (κ1) is 24.7. The summed E-state index contributed by atoms with van der Waals surface area (Å²) < 4.78 is 4.88. The van der Waals surface area contributed by atoms with Gasteiger partial charge in [0.2, 0.25) is 0 Å². The first-order chi connectivity index (χ1) is 12.4. The van der Waals surface area contributed by atoms with E-state index in [1.807, 2.05) is 31.3 Å². The molecule has 0 N–H and O–H groups in total. The highest BCUT2D eigenvalue weighted by Crippen LogP contribution is 2.19. The summed E-state index contributed by atoms with van der Waals surface area (Å²) in [5.41, 5.74) is 2.72. The van der Waals surface area contributed by atoms with Gasteiger partial charge in [0.05, 0.1) is 12.5 Å². The van der Waals surface area contributed by atoms with Crippen molar-refractivity contribution in [1.82, 2.24) is 0 Å². The molecule has 0 atom stereocenters. The zero-order chi connectivity index (χ0) is 19.9. The lowest BCUT2D eigenvalue weighted by molar-refractivity contribution is 0.562. The zero-order valence-corrected chi connectivity index (χ0v) is 19.3. The van der Waals surface area contributed by atoms with Crippen LogP contribution in [0, 0.1) is 0 Å². The Morgan fingerprint density at radius 1 is 0.769 bits per heavy atom. The Labute approximate surface area is 169 Å². The molecule has 0 amide bonds. The maximum Gasteiger partial charge on any atom is 0.0937 e. The number of thiophene rings is 2. The van der Waals surface area contributed by atoms with Gasteiger partial charge in [0, 0.05) is 4.88 Å². The lowest BCUT2D eigenvalue weighted by Gasteiger charge is -1.96. The molecule has 3 heteroatoms. The van der Waals surface area contributed by atoms with Gasteiger partial charge in [-0.05, 0) is 63.2 Å². The van der Waals surface area contributed by atoms with Gasteiger partial charge < -0.3 is 4.42 Å². The van der Waals surface area contributed by atoms with E-state index in [0.717, 1.165) is 0 Å². The summed E-state index contributed by atoms with van der Waals surface area (Å²) in [6.45, 7) is 17.1. The van der Waals surface area contributed by atoms with Gasteiger partial charge in [0.25, 0.3) is 0 Å². The molecule has 3 aromatic heterocycles. The Balaban J connectivity index is 0.000000344. The van der Waals surface area contributed by atoms with Crippen LogP contribution in [0.15, 0.2) is 57.3 Å². The third-order valence-corrected chi connectivity index (χ3v) is 5.41. The van der Waals surface area contributed by atoms with Crippen molar-refractivity contribution in [1.29, 1.82) is 0 Å². The number of hydrogen-bond acceptors (Lipinski definition) is 3. The van der Waals surface area contributed by atoms with Crippen LogP contribution in [0.3, 0.4) is 0 Å². The molecule has 0 fully saturated rings. The van der Waals surface area contributed by atoms with E-state index in [2.05, 4.69) is 75.9 Å². The van der Waals surface area contributed by atoms with Crippen molar-refractivity contribution in [2.75, 3.05) is 0 Å². The van der Waals surface area contributed by atoms with Crippen LogP contribution in [-0.4, -0.2) is 0 Å². The molecule has 3 heterocycles. The van der Waals surface area contributed by atoms with Crippen LogP contribution in [0.5, 0.6) is 0 Å². The molecule has 3 aromatic rings. The van der Waals surface area contributed by atoms with Gasteiger partial charge in [0.1, 0.15) is 0 Å². The van der Waals surface area contributed by atoms with E-state index in [-0.39, 0.29) is 0 Å². The van der Waals surface area contributed by atoms with Crippen LogP contribution in [0.25, 0.3) is 0 Å². The van der Waals surface area contributed by atoms with E-state index in [9.17, 15) is 0 Å². The van der Waals surface area contributed by atoms with Crippen LogP contribution >= 0.6 is 22.7 Å². The summed E-state index contributed by atoms with van der Waals surface area (Å²) in [5.74, 6) is 1.99. The molecule has 1 nitrogen and oxygen atoms in total. The number of furan rings is 1. The fraction of sp³-hybridized carbons (Fsp3) is 0.478. The van der Waals surface area contributed by atoms with Crippen molar-refractivity contribution in [3.8, 4) is 0 Å². The van der Waals surface area contributed by atoms with Crippen LogP contribution in [0.2, 0.25) is 0 Å². The second-order valence-electron chi connectivity index (χ2n) is 6.59. The Hall–Kier alpha value is -1.32. The highest BCUT2D eigenvalue weighted by molar-refractivity contribution is 7.10. The van der Waals surface area contributed by atoms with Crippen LogP contribution in [0.4, 0.5) is 0 Å². The molecule has 0 saturated carbocycles. The molecule has 0 aromatic carbocycles. The molecular formula is C23H36OS2. The zero-order valence-electron chi connectivity index (χ0n) is 17.7. The summed E-state index contributed by atoms with van der Waals surface area (Å²) in [5, 5.41) is 6.44. The molecule has 0 aliphatic carbocycles. The Bertz CT molecular complexity index is 512. The quantitative estimate of drug-likeness (QED) is 0.433. The van der Waals surface area contributed by atoms with E-state index in [1.165, 1.54) is 16.0 Å². The smallest absolute Gasteiger partial charge is 0.0937 e. The van der Waals surface area contributed by atoms with Crippen molar-refractivity contribution >= 4 is 22.7 Å². The van der Waals surface area contributed by atoms with Gasteiger partial charge in [-0.25, -0.2) is 0 Å². The van der Waals surface area contributed by atoms with Crippen molar-refractivity contribution < 1.29 is 4.42 Å². The van der Waals surface area contributed by atoms with E-state index in [1.54, 1.807) is 23.9 Å². The molecule has 146 valence electrons. The van der Waals surface area contributed by atoms with Crippen LogP contribution in [0.1, 0.15) is 89.1 Å². The molecule has 0 spiro atoms. The maximum atomic E-state index is 4.88. The molecule has 0 aliphatic rings. The molecule has 0 bridgehead atoms. The standard InChI is InChI=1S/C7H10O.2C7H10S.C2H6/c2*1-6(2)7-3-4-8-5-7;1-6(2)7-4-3-5-8-7;1-2/h3*3-6H,1-2H3;1-2H3. The van der Waals surface area contributed by atoms with E-state index in [0.29, 0.717) is 17.8 Å². The Kier molecular flexibility index (Phi) is 14.1. The Morgan fingerprint density at radius 2 is 1.42 bits per heavy atom. The highest BCUT2D eigenvalue weighted by Gasteiger charge is 1.97. The average Bonchev–Trinajstić information content (AvgIpc) is 3.41. The predicted octanol–water partition coefficient (Wildman–Crippen LogP) is 9.17. The minimum absolute atomic E-state index is 0.591. The summed E-state index contributed by atoms with van der Waals surface area (Å²) in [4.78, 5) is 1.48. The molecule has 26 heavy (non-hydrogen) atoms. The first-order valence-electron chi connectivity index (χ1n) is 9.49. The maximum absolute atomic E-state index is 4.88. The van der Waals surface area contributed by atoms with Gasteiger partial charge in [0.15, 0.2) is 0 Å². The van der Waals surface area contributed by atoms with Crippen LogP contribution < -0.4 is 0 Å². The van der Waals surface area contributed by atoms with Gasteiger partial charge >= 0.3 is 0 Å². The second-order valence-corrected chi connectivity index (χ2v) is 8.35. The molecular weight excluding hydrogens is 356 g/mol. The molecule has 0 unspecified atom stereocenters. The summed E-state index contributed by atoms with van der Waals surface area (Å²) in [7, 11) is 0. The summed E-state index contributed by atoms with van der Waals surface area (Å²) in [6.07, 6.45) is 3.49. The third kappa shape index (κ3) is 10.6. The first-order valence-corrected chi connectivity index (χ1v) is 11.3. The van der Waals surface area contributed by atoms with Crippen molar-refractivity contribution in [3.63, 3.8) is 0 Å². The summed E-state index contributed by atoms with van der Waals surface area (Å²) >= 11 is 3.60. The monoisotopic (exact) mass is 392 g/mol. The van der Waals surface area contributed by atoms with Gasteiger partial charge in [-0.3, -0.25) is 0 Å². The minimum atomic E-state index is 0.591. The highest BCUT2D eigenvalue weighted by atomic mass is 32.1. The topological polar surface area (TPSA) is 13.1 Å². The van der Waals surface area contributed by atoms with E-state index >= 15 is 0 Å². The van der Waals surface area contributed by atoms with Gasteiger partial charge in [-0.2, -0.15) is 11.3 Å². The third-order valence-electron chi connectivity index (χ3n) is 3.53.